The molecule has 0 saturated carbocycles. The van der Waals surface area contributed by atoms with Crippen LogP contribution in [0.25, 0.3) is 0 Å². The number of nitrogens with zero attached hydrogens (tertiary/aromatic N) is 1. The number of amides is 1. The van der Waals surface area contributed by atoms with Crippen molar-refractivity contribution >= 4 is 11.7 Å². The van der Waals surface area contributed by atoms with Crippen molar-refractivity contribution in [2.45, 2.75) is 19.4 Å². The summed E-state index contributed by atoms with van der Waals surface area (Å²) in [6, 6.07) is 5.12. The number of hydrogen-bond acceptors (Lipinski definition) is 3. The first kappa shape index (κ1) is 13.7. The highest BCUT2D eigenvalue weighted by atomic mass is 19.1. The summed E-state index contributed by atoms with van der Waals surface area (Å²) in [6.07, 6.45) is 0.826. The van der Waals surface area contributed by atoms with E-state index in [0.29, 0.717) is 18.7 Å². The van der Waals surface area contributed by atoms with Crippen molar-refractivity contribution in [1.29, 1.82) is 0 Å². The zero-order chi connectivity index (χ0) is 13.8. The standard InChI is InChI=1S/C14H17FN2O2/c1-10(17-8-2-7-16-13(18)9-17)14(19)11-3-5-12(15)6-4-11/h3-6,10H,2,7-9H2,1H3,(H,16,18). The Morgan fingerprint density at radius 3 is 2.74 bits per heavy atom. The molecule has 102 valence electrons. The summed E-state index contributed by atoms with van der Waals surface area (Å²) in [6.45, 7) is 3.36. The van der Waals surface area contributed by atoms with Crippen LogP contribution in [-0.2, 0) is 4.79 Å². The maximum Gasteiger partial charge on any atom is 0.234 e. The van der Waals surface area contributed by atoms with Gasteiger partial charge in [-0.2, -0.15) is 0 Å². The summed E-state index contributed by atoms with van der Waals surface area (Å²) < 4.78 is 12.8. The molecule has 0 bridgehead atoms. The van der Waals surface area contributed by atoms with E-state index in [-0.39, 0.29) is 30.1 Å². The molecule has 19 heavy (non-hydrogen) atoms. The molecule has 5 heteroatoms. The van der Waals surface area contributed by atoms with Crippen molar-refractivity contribution in [2.75, 3.05) is 19.6 Å². The van der Waals surface area contributed by atoms with Gasteiger partial charge in [-0.15, -0.1) is 0 Å². The number of halogens is 1. The van der Waals surface area contributed by atoms with Gasteiger partial charge in [0.2, 0.25) is 5.91 Å². The smallest absolute Gasteiger partial charge is 0.234 e. The van der Waals surface area contributed by atoms with Crippen molar-refractivity contribution in [3.63, 3.8) is 0 Å². The lowest BCUT2D eigenvalue weighted by atomic mass is 10.0. The molecule has 1 aromatic rings. The lowest BCUT2D eigenvalue weighted by Gasteiger charge is -2.25. The number of Topliss-reactive ketones (excluding diaryl/α,β-unsaturated/α-hetero) is 1. The highest BCUT2D eigenvalue weighted by Crippen LogP contribution is 2.11. The summed E-state index contributed by atoms with van der Waals surface area (Å²) in [5, 5.41) is 2.77. The molecule has 1 fully saturated rings. The molecule has 2 rings (SSSR count). The molecule has 1 saturated heterocycles. The molecule has 0 aromatic heterocycles. The van der Waals surface area contributed by atoms with Gasteiger partial charge in [0.25, 0.3) is 0 Å². The molecule has 1 amide bonds. The Kier molecular flexibility index (Phi) is 4.27. The topological polar surface area (TPSA) is 49.4 Å². The van der Waals surface area contributed by atoms with Gasteiger partial charge in [0.15, 0.2) is 5.78 Å². The summed E-state index contributed by atoms with van der Waals surface area (Å²) in [5.41, 5.74) is 0.471. The molecule has 0 spiro atoms. The van der Waals surface area contributed by atoms with Gasteiger partial charge >= 0.3 is 0 Å². The Morgan fingerprint density at radius 2 is 2.05 bits per heavy atom. The van der Waals surface area contributed by atoms with Crippen LogP contribution in [0, 0.1) is 5.82 Å². The van der Waals surface area contributed by atoms with Crippen LogP contribution in [0.5, 0.6) is 0 Å². The molecule has 1 aliphatic heterocycles. The maximum absolute atomic E-state index is 12.8. The highest BCUT2D eigenvalue weighted by Gasteiger charge is 2.25. The van der Waals surface area contributed by atoms with Crippen LogP contribution in [-0.4, -0.2) is 42.3 Å². The van der Waals surface area contributed by atoms with E-state index < -0.39 is 0 Å². The fourth-order valence-electron chi connectivity index (χ4n) is 2.18. The lowest BCUT2D eigenvalue weighted by molar-refractivity contribution is -0.121. The van der Waals surface area contributed by atoms with E-state index in [1.807, 2.05) is 4.90 Å². The van der Waals surface area contributed by atoms with Crippen LogP contribution in [0.15, 0.2) is 24.3 Å². The fourth-order valence-corrected chi connectivity index (χ4v) is 2.18. The number of ketones is 1. The Morgan fingerprint density at radius 1 is 1.37 bits per heavy atom. The SMILES string of the molecule is CC(C(=O)c1ccc(F)cc1)N1CCCNC(=O)C1. The van der Waals surface area contributed by atoms with Crippen LogP contribution >= 0.6 is 0 Å². The van der Waals surface area contributed by atoms with Gasteiger partial charge in [-0.05, 0) is 37.6 Å². The van der Waals surface area contributed by atoms with Crippen LogP contribution in [0.2, 0.25) is 0 Å². The summed E-state index contributed by atoms with van der Waals surface area (Å²) in [7, 11) is 0. The fraction of sp³-hybridized carbons (Fsp3) is 0.429. The maximum atomic E-state index is 12.8. The molecular formula is C14H17FN2O2. The average molecular weight is 264 g/mol. The van der Waals surface area contributed by atoms with Gasteiger partial charge in [0.1, 0.15) is 5.82 Å². The third-order valence-corrected chi connectivity index (χ3v) is 3.35. The quantitative estimate of drug-likeness (QED) is 0.835. The number of hydrogen-bond donors (Lipinski definition) is 1. The van der Waals surface area contributed by atoms with Crippen molar-refractivity contribution in [1.82, 2.24) is 10.2 Å². The molecule has 0 aliphatic carbocycles. The van der Waals surface area contributed by atoms with Gasteiger partial charge in [0, 0.05) is 18.7 Å². The monoisotopic (exact) mass is 264 g/mol. The minimum Gasteiger partial charge on any atom is -0.355 e. The first-order chi connectivity index (χ1) is 9.08. The van der Waals surface area contributed by atoms with E-state index in [1.165, 1.54) is 24.3 Å². The molecule has 0 radical (unpaired) electrons. The van der Waals surface area contributed by atoms with Crippen molar-refractivity contribution in [2.24, 2.45) is 0 Å². The third-order valence-electron chi connectivity index (χ3n) is 3.35. The number of carbonyl (C=O) groups excluding carboxylic acids is 2. The Balaban J connectivity index is 2.09. The normalized spacial score (nSPS) is 18.5. The summed E-state index contributed by atoms with van der Waals surface area (Å²) in [4.78, 5) is 25.6. The summed E-state index contributed by atoms with van der Waals surface area (Å²) >= 11 is 0. The number of rotatable bonds is 3. The minimum atomic E-state index is -0.380. The zero-order valence-corrected chi connectivity index (χ0v) is 10.9. The first-order valence-corrected chi connectivity index (χ1v) is 6.38. The molecule has 1 unspecified atom stereocenters. The van der Waals surface area contributed by atoms with E-state index in [4.69, 9.17) is 0 Å². The van der Waals surface area contributed by atoms with Gasteiger partial charge < -0.3 is 5.32 Å². The Hall–Kier alpha value is -1.75. The number of nitrogens with one attached hydrogen (secondary N) is 1. The van der Waals surface area contributed by atoms with Crippen molar-refractivity contribution in [3.05, 3.63) is 35.6 Å². The average Bonchev–Trinajstić information content (AvgIpc) is 2.62. The van der Waals surface area contributed by atoms with Crippen LogP contribution < -0.4 is 5.32 Å². The van der Waals surface area contributed by atoms with Crippen LogP contribution in [0.3, 0.4) is 0 Å². The van der Waals surface area contributed by atoms with Gasteiger partial charge in [-0.1, -0.05) is 0 Å². The molecule has 4 nitrogen and oxygen atoms in total. The highest BCUT2D eigenvalue weighted by molar-refractivity contribution is 6.00. The van der Waals surface area contributed by atoms with E-state index in [2.05, 4.69) is 5.32 Å². The van der Waals surface area contributed by atoms with Crippen molar-refractivity contribution in [3.8, 4) is 0 Å². The molecule has 1 atom stereocenters. The Labute approximate surface area is 111 Å². The number of benzene rings is 1. The van der Waals surface area contributed by atoms with Crippen LogP contribution in [0.4, 0.5) is 4.39 Å². The molecule has 1 aliphatic rings. The summed E-state index contributed by atoms with van der Waals surface area (Å²) in [5.74, 6) is -0.510. The molecule has 1 heterocycles. The second-order valence-corrected chi connectivity index (χ2v) is 4.72. The van der Waals surface area contributed by atoms with E-state index in [0.717, 1.165) is 6.42 Å². The predicted octanol–water partition coefficient (Wildman–Crippen LogP) is 1.22. The van der Waals surface area contributed by atoms with Gasteiger partial charge in [-0.25, -0.2) is 4.39 Å². The van der Waals surface area contributed by atoms with E-state index in [9.17, 15) is 14.0 Å². The molecular weight excluding hydrogens is 247 g/mol. The zero-order valence-electron chi connectivity index (χ0n) is 10.9. The second-order valence-electron chi connectivity index (χ2n) is 4.72. The van der Waals surface area contributed by atoms with E-state index in [1.54, 1.807) is 6.92 Å². The van der Waals surface area contributed by atoms with E-state index >= 15 is 0 Å². The third kappa shape index (κ3) is 3.38. The van der Waals surface area contributed by atoms with Gasteiger partial charge in [0.05, 0.1) is 12.6 Å². The molecule has 1 aromatic carbocycles. The largest absolute Gasteiger partial charge is 0.355 e. The lowest BCUT2D eigenvalue weighted by Crippen LogP contribution is -2.42. The Bertz CT molecular complexity index is 473. The minimum absolute atomic E-state index is 0.0590. The second kappa shape index (κ2) is 5.93. The van der Waals surface area contributed by atoms with Crippen molar-refractivity contribution < 1.29 is 14.0 Å². The first-order valence-electron chi connectivity index (χ1n) is 6.38. The molecule has 1 N–H and O–H groups in total. The number of carbonyl (C=O) groups is 2. The van der Waals surface area contributed by atoms with Gasteiger partial charge in [-0.3, -0.25) is 14.5 Å². The van der Waals surface area contributed by atoms with Crippen LogP contribution in [0.1, 0.15) is 23.7 Å². The predicted molar refractivity (Wildman–Crippen MR) is 69.4 cm³/mol.